The number of carbonyl (C=O) groups excluding carboxylic acids is 1. The van der Waals surface area contributed by atoms with E-state index in [1.807, 2.05) is 39.0 Å². The summed E-state index contributed by atoms with van der Waals surface area (Å²) >= 11 is 0. The Labute approximate surface area is 140 Å². The van der Waals surface area contributed by atoms with Crippen molar-refractivity contribution < 1.29 is 18.6 Å². The third-order valence-corrected chi connectivity index (χ3v) is 7.27. The minimum atomic E-state index is -3.14. The summed E-state index contributed by atoms with van der Waals surface area (Å²) in [7, 11) is -3.14. The molecule has 1 atom stereocenters. The van der Waals surface area contributed by atoms with Crippen molar-refractivity contribution in [2.45, 2.75) is 59.7 Å². The van der Waals surface area contributed by atoms with Gasteiger partial charge in [0, 0.05) is 5.16 Å². The normalized spacial score (nSPS) is 15.1. The largest absolute Gasteiger partial charge is 0.463 e. The molecule has 0 saturated heterocycles. The van der Waals surface area contributed by atoms with Crippen molar-refractivity contribution in [2.75, 3.05) is 6.16 Å². The second kappa shape index (κ2) is 7.09. The Balaban J connectivity index is 3.08. The Morgan fingerprint density at radius 1 is 1.09 bits per heavy atom. The highest BCUT2D eigenvalue weighted by molar-refractivity contribution is 7.61. The summed E-state index contributed by atoms with van der Waals surface area (Å²) in [5, 5.41) is -0.585. The van der Waals surface area contributed by atoms with Crippen LogP contribution in [0.1, 0.15) is 48.5 Å². The number of rotatable bonds is 6. The first kappa shape index (κ1) is 19.8. The van der Waals surface area contributed by atoms with Gasteiger partial charge in [0.2, 0.25) is 0 Å². The van der Waals surface area contributed by atoms with Crippen molar-refractivity contribution in [3.05, 3.63) is 30.3 Å². The SMILES string of the molecule is CC(C)OC(=O)C(C)(C)C[P@](=O)(Oc1ccccc1)C(C)(C)C. The molecule has 0 aliphatic heterocycles. The van der Waals surface area contributed by atoms with E-state index >= 15 is 0 Å². The number of esters is 1. The summed E-state index contributed by atoms with van der Waals surface area (Å²) in [6.07, 6.45) is -0.0740. The first-order chi connectivity index (χ1) is 10.4. The molecule has 0 unspecified atom stereocenters. The molecule has 0 radical (unpaired) electrons. The highest BCUT2D eigenvalue weighted by Gasteiger charge is 2.46. The molecule has 1 rings (SSSR count). The molecule has 0 bridgehead atoms. The van der Waals surface area contributed by atoms with Crippen molar-refractivity contribution in [3.8, 4) is 5.75 Å². The predicted molar refractivity (Wildman–Crippen MR) is 94.3 cm³/mol. The molecule has 0 aliphatic rings. The average molecular weight is 340 g/mol. The van der Waals surface area contributed by atoms with Gasteiger partial charge in [-0.25, -0.2) is 0 Å². The van der Waals surface area contributed by atoms with Gasteiger partial charge in [-0.3, -0.25) is 9.36 Å². The lowest BCUT2D eigenvalue weighted by atomic mass is 9.97. The molecule has 0 spiro atoms. The van der Waals surface area contributed by atoms with E-state index in [2.05, 4.69) is 0 Å². The number of carbonyl (C=O) groups is 1. The minimum Gasteiger partial charge on any atom is -0.463 e. The van der Waals surface area contributed by atoms with E-state index in [4.69, 9.17) is 9.26 Å². The molecule has 0 saturated carbocycles. The van der Waals surface area contributed by atoms with Crippen molar-refractivity contribution in [1.82, 2.24) is 0 Å². The van der Waals surface area contributed by atoms with Crippen LogP contribution in [-0.2, 0) is 14.1 Å². The lowest BCUT2D eigenvalue weighted by Crippen LogP contribution is -2.36. The predicted octanol–water partition coefficient (Wildman–Crippen LogP) is 5.12. The summed E-state index contributed by atoms with van der Waals surface area (Å²) in [5.41, 5.74) is -0.887. The Kier molecular flexibility index (Phi) is 6.09. The molecule has 0 heterocycles. The molecule has 130 valence electrons. The zero-order valence-corrected chi connectivity index (χ0v) is 16.1. The number of hydrogen-bond acceptors (Lipinski definition) is 4. The maximum Gasteiger partial charge on any atom is 0.312 e. The van der Waals surface area contributed by atoms with Crippen LogP contribution >= 0.6 is 7.37 Å². The van der Waals surface area contributed by atoms with Crippen LogP contribution in [0.25, 0.3) is 0 Å². The van der Waals surface area contributed by atoms with Gasteiger partial charge in [-0.2, -0.15) is 0 Å². The van der Waals surface area contributed by atoms with Gasteiger partial charge in [-0.15, -0.1) is 0 Å². The smallest absolute Gasteiger partial charge is 0.312 e. The molecule has 0 aliphatic carbocycles. The molecule has 23 heavy (non-hydrogen) atoms. The van der Waals surface area contributed by atoms with Gasteiger partial charge < -0.3 is 9.26 Å². The molecule has 0 fully saturated rings. The molecule has 1 aromatic rings. The third kappa shape index (κ3) is 5.39. The van der Waals surface area contributed by atoms with Crippen LogP contribution in [0.4, 0.5) is 0 Å². The average Bonchev–Trinajstić information content (AvgIpc) is 2.36. The van der Waals surface area contributed by atoms with Crippen molar-refractivity contribution in [2.24, 2.45) is 5.41 Å². The molecule has 1 aromatic carbocycles. The molecule has 4 nitrogen and oxygen atoms in total. The number of para-hydroxylation sites is 1. The van der Waals surface area contributed by atoms with Gasteiger partial charge in [0.05, 0.1) is 17.7 Å². The Morgan fingerprint density at radius 2 is 1.61 bits per heavy atom. The van der Waals surface area contributed by atoms with Gasteiger partial charge in [0.25, 0.3) is 7.37 Å². The number of benzene rings is 1. The lowest BCUT2D eigenvalue weighted by molar-refractivity contribution is -0.156. The first-order valence-electron chi connectivity index (χ1n) is 7.92. The van der Waals surface area contributed by atoms with Crippen LogP contribution in [0.2, 0.25) is 0 Å². The summed E-state index contributed by atoms with van der Waals surface area (Å²) < 4.78 is 24.8. The van der Waals surface area contributed by atoms with Crippen molar-refractivity contribution >= 4 is 13.3 Å². The van der Waals surface area contributed by atoms with E-state index in [1.165, 1.54) is 0 Å². The van der Waals surface area contributed by atoms with Gasteiger partial charge in [-0.1, -0.05) is 39.0 Å². The van der Waals surface area contributed by atoms with E-state index in [-0.39, 0.29) is 18.2 Å². The van der Waals surface area contributed by atoms with Crippen LogP contribution in [-0.4, -0.2) is 23.4 Å². The lowest BCUT2D eigenvalue weighted by Gasteiger charge is -2.36. The number of ether oxygens (including phenoxy) is 1. The number of hydrogen-bond donors (Lipinski definition) is 0. The fraction of sp³-hybridized carbons (Fsp3) is 0.611. The zero-order valence-electron chi connectivity index (χ0n) is 15.3. The maximum atomic E-state index is 13.6. The van der Waals surface area contributed by atoms with Crippen LogP contribution in [0, 0.1) is 5.41 Å². The topological polar surface area (TPSA) is 52.6 Å². The Morgan fingerprint density at radius 3 is 2.04 bits per heavy atom. The highest BCUT2D eigenvalue weighted by atomic mass is 31.2. The summed E-state index contributed by atoms with van der Waals surface area (Å²) in [4.78, 5) is 12.3. The second-order valence-electron chi connectivity index (χ2n) is 7.74. The van der Waals surface area contributed by atoms with Crippen LogP contribution < -0.4 is 4.52 Å². The Hall–Kier alpha value is -1.28. The summed E-state index contributed by atoms with van der Waals surface area (Å²) in [6.45, 7) is 12.7. The molecular formula is C18H29O4P. The first-order valence-corrected chi connectivity index (χ1v) is 9.73. The van der Waals surface area contributed by atoms with Gasteiger partial charge in [-0.05, 0) is 39.8 Å². The molecule has 0 N–H and O–H groups in total. The summed E-state index contributed by atoms with van der Waals surface area (Å²) in [6, 6.07) is 9.09. The third-order valence-electron chi connectivity index (χ3n) is 3.52. The van der Waals surface area contributed by atoms with E-state index in [1.54, 1.807) is 39.8 Å². The van der Waals surface area contributed by atoms with Crippen molar-refractivity contribution in [1.29, 1.82) is 0 Å². The quantitative estimate of drug-likeness (QED) is 0.533. The minimum absolute atomic E-state index is 0.129. The van der Waals surface area contributed by atoms with Gasteiger partial charge in [0.1, 0.15) is 5.75 Å². The van der Waals surface area contributed by atoms with Crippen LogP contribution in [0.5, 0.6) is 5.75 Å². The fourth-order valence-electron chi connectivity index (χ4n) is 2.02. The van der Waals surface area contributed by atoms with E-state index in [0.29, 0.717) is 5.75 Å². The molecule has 0 amide bonds. The van der Waals surface area contributed by atoms with Gasteiger partial charge >= 0.3 is 5.97 Å². The molecule has 0 aromatic heterocycles. The standard InChI is InChI=1S/C18H29O4P/c1-14(2)21-16(19)18(6,7)13-23(20,17(3,4)5)22-15-11-9-8-10-12-15/h8-12,14H,13H2,1-7H3/t23-/m0/s1. The van der Waals surface area contributed by atoms with E-state index in [9.17, 15) is 9.36 Å². The van der Waals surface area contributed by atoms with E-state index < -0.39 is 17.9 Å². The van der Waals surface area contributed by atoms with Crippen LogP contribution in [0.3, 0.4) is 0 Å². The van der Waals surface area contributed by atoms with Crippen LogP contribution in [0.15, 0.2) is 30.3 Å². The summed E-state index contributed by atoms with van der Waals surface area (Å²) in [5.74, 6) is 0.201. The zero-order chi connectivity index (χ0) is 17.9. The fourth-order valence-corrected chi connectivity index (χ4v) is 4.46. The van der Waals surface area contributed by atoms with Crippen molar-refractivity contribution in [3.63, 3.8) is 0 Å². The monoisotopic (exact) mass is 340 g/mol. The van der Waals surface area contributed by atoms with Gasteiger partial charge in [0.15, 0.2) is 0 Å². The second-order valence-corrected chi connectivity index (χ2v) is 10.9. The molecular weight excluding hydrogens is 311 g/mol. The maximum absolute atomic E-state index is 13.6. The Bertz CT molecular complexity index is 570. The molecule has 5 heteroatoms. The highest BCUT2D eigenvalue weighted by Crippen LogP contribution is 2.61. The van der Waals surface area contributed by atoms with E-state index in [0.717, 1.165) is 0 Å².